The molecular formula is C20H25ClN4O2S. The van der Waals surface area contributed by atoms with Gasteiger partial charge in [0.05, 0.1) is 6.54 Å². The van der Waals surface area contributed by atoms with E-state index in [2.05, 4.69) is 15.5 Å². The number of carbonyl (C=O) groups is 1. The molecule has 2 aromatic rings. The molecule has 2 fully saturated rings. The molecule has 8 heteroatoms. The second-order valence-corrected chi connectivity index (χ2v) is 8.45. The monoisotopic (exact) mass is 420 g/mol. The standard InChI is InChI=1S/C20H25ClN4O2S/c21-14-6-9-17(16(10-14)13-4-2-1-3-5-13)27-12-19(26)22-11-18-23-24-20(28)25(18)15-7-8-15/h6,9-10,13,15H,1-5,7-8,11-12H2,(H,22,26)(H,24,28). The fraction of sp³-hybridized carbons (Fsp3) is 0.550. The quantitative estimate of drug-likeness (QED) is 0.638. The summed E-state index contributed by atoms with van der Waals surface area (Å²) >= 11 is 11.5. The Balaban J connectivity index is 1.35. The summed E-state index contributed by atoms with van der Waals surface area (Å²) in [6.07, 6.45) is 8.25. The fourth-order valence-corrected chi connectivity index (χ4v) is 4.41. The number of benzene rings is 1. The van der Waals surface area contributed by atoms with E-state index in [1.165, 1.54) is 19.3 Å². The molecule has 1 amide bonds. The lowest BCUT2D eigenvalue weighted by Crippen LogP contribution is -2.29. The zero-order valence-electron chi connectivity index (χ0n) is 15.7. The second-order valence-electron chi connectivity index (χ2n) is 7.63. The first-order valence-corrected chi connectivity index (χ1v) is 10.7. The first-order valence-electron chi connectivity index (χ1n) is 9.96. The summed E-state index contributed by atoms with van der Waals surface area (Å²) in [5.74, 6) is 1.79. The van der Waals surface area contributed by atoms with Gasteiger partial charge in [0, 0.05) is 11.1 Å². The van der Waals surface area contributed by atoms with Crippen LogP contribution in [0.25, 0.3) is 0 Å². The summed E-state index contributed by atoms with van der Waals surface area (Å²) in [7, 11) is 0. The van der Waals surface area contributed by atoms with Gasteiger partial charge in [0.2, 0.25) is 0 Å². The molecule has 1 aromatic heterocycles. The Bertz CT molecular complexity index is 900. The SMILES string of the molecule is O=C(COc1ccc(Cl)cc1C1CCCCC1)NCc1n[nH]c(=S)n1C1CC1. The van der Waals surface area contributed by atoms with Crippen LogP contribution in [0, 0.1) is 4.77 Å². The molecule has 2 aliphatic rings. The Morgan fingerprint density at radius 1 is 1.29 bits per heavy atom. The number of nitrogens with one attached hydrogen (secondary N) is 2. The van der Waals surface area contributed by atoms with Crippen molar-refractivity contribution < 1.29 is 9.53 Å². The van der Waals surface area contributed by atoms with Crippen molar-refractivity contribution >= 4 is 29.7 Å². The molecule has 0 aliphatic heterocycles. The van der Waals surface area contributed by atoms with Crippen LogP contribution in [0.15, 0.2) is 18.2 Å². The third-order valence-corrected chi connectivity index (χ3v) is 6.03. The summed E-state index contributed by atoms with van der Waals surface area (Å²) < 4.78 is 8.47. The average molecular weight is 421 g/mol. The lowest BCUT2D eigenvalue weighted by molar-refractivity contribution is -0.123. The summed E-state index contributed by atoms with van der Waals surface area (Å²) in [6.45, 7) is 0.303. The number of nitrogens with zero attached hydrogens (tertiary/aromatic N) is 2. The second kappa shape index (κ2) is 8.66. The number of aromatic amines is 1. The highest BCUT2D eigenvalue weighted by molar-refractivity contribution is 7.71. The first kappa shape index (κ1) is 19.5. The molecule has 0 radical (unpaired) electrons. The van der Waals surface area contributed by atoms with E-state index in [0.29, 0.717) is 28.3 Å². The highest BCUT2D eigenvalue weighted by atomic mass is 35.5. The van der Waals surface area contributed by atoms with Gasteiger partial charge in [-0.25, -0.2) is 0 Å². The molecule has 2 aliphatic carbocycles. The number of halogens is 1. The van der Waals surface area contributed by atoms with Crippen LogP contribution in [0.5, 0.6) is 5.75 Å². The zero-order valence-corrected chi connectivity index (χ0v) is 17.3. The van der Waals surface area contributed by atoms with Crippen LogP contribution in [-0.4, -0.2) is 27.3 Å². The van der Waals surface area contributed by atoms with E-state index in [4.69, 9.17) is 28.6 Å². The van der Waals surface area contributed by atoms with E-state index in [0.717, 1.165) is 42.8 Å². The Hall–Kier alpha value is -1.86. The van der Waals surface area contributed by atoms with Gasteiger partial charge < -0.3 is 10.1 Å². The van der Waals surface area contributed by atoms with Crippen molar-refractivity contribution in [1.29, 1.82) is 0 Å². The summed E-state index contributed by atoms with van der Waals surface area (Å²) in [5.41, 5.74) is 1.12. The molecule has 0 atom stereocenters. The fourth-order valence-electron chi connectivity index (χ4n) is 3.93. The maximum Gasteiger partial charge on any atom is 0.258 e. The van der Waals surface area contributed by atoms with E-state index in [-0.39, 0.29) is 12.5 Å². The molecule has 1 heterocycles. The number of amides is 1. The molecule has 2 saturated carbocycles. The molecule has 150 valence electrons. The van der Waals surface area contributed by atoms with Gasteiger partial charge >= 0.3 is 0 Å². The molecule has 4 rings (SSSR count). The van der Waals surface area contributed by atoms with Crippen LogP contribution < -0.4 is 10.1 Å². The van der Waals surface area contributed by atoms with Crippen LogP contribution in [0.2, 0.25) is 5.02 Å². The van der Waals surface area contributed by atoms with E-state index in [1.807, 2.05) is 22.8 Å². The average Bonchev–Trinajstić information content (AvgIpc) is 3.48. The summed E-state index contributed by atoms with van der Waals surface area (Å²) in [5, 5.41) is 10.6. The van der Waals surface area contributed by atoms with Crippen molar-refractivity contribution in [3.05, 3.63) is 39.4 Å². The first-order chi connectivity index (χ1) is 13.6. The smallest absolute Gasteiger partial charge is 0.258 e. The summed E-state index contributed by atoms with van der Waals surface area (Å²) in [4.78, 5) is 12.3. The van der Waals surface area contributed by atoms with Gasteiger partial charge in [0.1, 0.15) is 5.75 Å². The van der Waals surface area contributed by atoms with Gasteiger partial charge in [-0.3, -0.25) is 14.5 Å². The predicted octanol–water partition coefficient (Wildman–Crippen LogP) is 4.67. The molecule has 0 spiro atoms. The van der Waals surface area contributed by atoms with Crippen molar-refractivity contribution in [3.63, 3.8) is 0 Å². The van der Waals surface area contributed by atoms with Gasteiger partial charge in [0.15, 0.2) is 17.2 Å². The van der Waals surface area contributed by atoms with Crippen LogP contribution in [0.4, 0.5) is 0 Å². The minimum atomic E-state index is -0.180. The van der Waals surface area contributed by atoms with Crippen LogP contribution in [-0.2, 0) is 11.3 Å². The lowest BCUT2D eigenvalue weighted by Gasteiger charge is -2.24. The third kappa shape index (κ3) is 4.58. The molecular weight excluding hydrogens is 396 g/mol. The van der Waals surface area contributed by atoms with Crippen LogP contribution in [0.1, 0.15) is 68.3 Å². The van der Waals surface area contributed by atoms with Crippen LogP contribution >= 0.6 is 23.8 Å². The van der Waals surface area contributed by atoms with Gasteiger partial charge in [0.25, 0.3) is 5.91 Å². The van der Waals surface area contributed by atoms with Crippen LogP contribution in [0.3, 0.4) is 0 Å². The number of ether oxygens (including phenoxy) is 1. The Kier molecular flexibility index (Phi) is 6.01. The van der Waals surface area contributed by atoms with E-state index < -0.39 is 0 Å². The lowest BCUT2D eigenvalue weighted by atomic mass is 9.84. The van der Waals surface area contributed by atoms with E-state index in [1.54, 1.807) is 0 Å². The van der Waals surface area contributed by atoms with E-state index >= 15 is 0 Å². The maximum absolute atomic E-state index is 12.3. The molecule has 1 aromatic carbocycles. The largest absolute Gasteiger partial charge is 0.483 e. The molecule has 0 bridgehead atoms. The number of rotatable bonds is 7. The molecule has 6 nitrogen and oxygen atoms in total. The predicted molar refractivity (Wildman–Crippen MR) is 110 cm³/mol. The van der Waals surface area contributed by atoms with Gasteiger partial charge in [-0.15, -0.1) is 0 Å². The molecule has 2 N–H and O–H groups in total. The number of aromatic nitrogens is 3. The number of hydrogen-bond acceptors (Lipinski definition) is 4. The molecule has 0 saturated heterocycles. The van der Waals surface area contributed by atoms with Crippen molar-refractivity contribution in [2.24, 2.45) is 0 Å². The number of hydrogen-bond donors (Lipinski definition) is 2. The van der Waals surface area contributed by atoms with Gasteiger partial charge in [-0.2, -0.15) is 5.10 Å². The van der Waals surface area contributed by atoms with Crippen molar-refractivity contribution in [2.45, 2.75) is 63.5 Å². The van der Waals surface area contributed by atoms with Crippen molar-refractivity contribution in [3.8, 4) is 5.75 Å². The minimum absolute atomic E-state index is 0.0318. The summed E-state index contributed by atoms with van der Waals surface area (Å²) in [6, 6.07) is 6.09. The highest BCUT2D eigenvalue weighted by Gasteiger charge is 2.27. The number of H-pyrrole nitrogens is 1. The van der Waals surface area contributed by atoms with E-state index in [9.17, 15) is 4.79 Å². The topological polar surface area (TPSA) is 71.9 Å². The zero-order chi connectivity index (χ0) is 19.5. The van der Waals surface area contributed by atoms with Crippen molar-refractivity contribution in [2.75, 3.05) is 6.61 Å². The Labute approximate surface area is 174 Å². The Morgan fingerprint density at radius 3 is 2.82 bits per heavy atom. The molecule has 28 heavy (non-hydrogen) atoms. The number of carbonyl (C=O) groups excluding carboxylic acids is 1. The maximum atomic E-state index is 12.3. The normalized spacial score (nSPS) is 17.5. The van der Waals surface area contributed by atoms with Gasteiger partial charge in [-0.1, -0.05) is 30.9 Å². The Morgan fingerprint density at radius 2 is 2.07 bits per heavy atom. The third-order valence-electron chi connectivity index (χ3n) is 5.51. The van der Waals surface area contributed by atoms with Crippen molar-refractivity contribution in [1.82, 2.24) is 20.1 Å². The minimum Gasteiger partial charge on any atom is -0.483 e. The molecule has 0 unspecified atom stereocenters. The highest BCUT2D eigenvalue weighted by Crippen LogP contribution is 2.39. The van der Waals surface area contributed by atoms with Gasteiger partial charge in [-0.05, 0) is 67.6 Å².